The summed E-state index contributed by atoms with van der Waals surface area (Å²) >= 11 is 17.7. The number of nitrogens with zero attached hydrogens (tertiary/aromatic N) is 1. The molecule has 2 aromatic rings. The molecular formula is C20H22Cl3N3O4. The smallest absolute Gasteiger partial charge is 0.266 e. The van der Waals surface area contributed by atoms with E-state index in [2.05, 4.69) is 15.2 Å². The standard InChI is InChI=1S/C20H22Cl3N3O4/c21-16-2-1-15(8-17(16)22)30-14-3-5-26(6-4-14)11-13(27)10-25-19(28)12-7-18(23)20(29)24-9-12/h1-2,7-9,13-14,27H,3-6,10-11H2,(H,24,29)(H,25,28)/t13-/m1/s1. The first-order valence-electron chi connectivity index (χ1n) is 9.50. The molecule has 1 atom stereocenters. The number of aromatic amines is 1. The monoisotopic (exact) mass is 473 g/mol. The number of ether oxygens (including phenoxy) is 1. The fraction of sp³-hybridized carbons (Fsp3) is 0.400. The first kappa shape index (κ1) is 22.9. The summed E-state index contributed by atoms with van der Waals surface area (Å²) in [5.41, 5.74) is -0.230. The van der Waals surface area contributed by atoms with Crippen LogP contribution >= 0.6 is 34.8 Å². The van der Waals surface area contributed by atoms with E-state index >= 15 is 0 Å². The van der Waals surface area contributed by atoms with Gasteiger partial charge in [-0.25, -0.2) is 0 Å². The summed E-state index contributed by atoms with van der Waals surface area (Å²) in [5, 5.41) is 13.8. The van der Waals surface area contributed by atoms with Crippen LogP contribution in [0.15, 0.2) is 35.3 Å². The minimum absolute atomic E-state index is 0.0610. The van der Waals surface area contributed by atoms with Crippen molar-refractivity contribution in [2.75, 3.05) is 26.2 Å². The number of aliphatic hydroxyl groups excluding tert-OH is 1. The van der Waals surface area contributed by atoms with Crippen LogP contribution in [0.2, 0.25) is 15.1 Å². The molecule has 162 valence electrons. The van der Waals surface area contributed by atoms with E-state index in [1.165, 1.54) is 12.3 Å². The van der Waals surface area contributed by atoms with E-state index in [9.17, 15) is 14.7 Å². The van der Waals surface area contributed by atoms with Crippen molar-refractivity contribution in [1.82, 2.24) is 15.2 Å². The Hall–Kier alpha value is -1.77. The Bertz CT molecular complexity index is 945. The number of pyridine rings is 1. The van der Waals surface area contributed by atoms with Crippen molar-refractivity contribution >= 4 is 40.7 Å². The minimum atomic E-state index is -0.722. The van der Waals surface area contributed by atoms with Gasteiger partial charge in [0, 0.05) is 38.4 Å². The highest BCUT2D eigenvalue weighted by Gasteiger charge is 2.22. The number of aromatic nitrogens is 1. The van der Waals surface area contributed by atoms with Gasteiger partial charge in [0.05, 0.1) is 21.7 Å². The van der Waals surface area contributed by atoms with Crippen molar-refractivity contribution in [2.24, 2.45) is 0 Å². The van der Waals surface area contributed by atoms with Gasteiger partial charge in [0.15, 0.2) is 0 Å². The lowest BCUT2D eigenvalue weighted by Crippen LogP contribution is -2.45. The quantitative estimate of drug-likeness (QED) is 0.573. The van der Waals surface area contributed by atoms with Gasteiger partial charge in [-0.2, -0.15) is 0 Å². The molecule has 1 amide bonds. The van der Waals surface area contributed by atoms with Crippen molar-refractivity contribution in [2.45, 2.75) is 25.0 Å². The number of carbonyl (C=O) groups is 1. The Labute approximate surface area is 188 Å². The Balaban J connectivity index is 1.39. The lowest BCUT2D eigenvalue weighted by molar-refractivity contribution is 0.0594. The van der Waals surface area contributed by atoms with Crippen LogP contribution in [0.4, 0.5) is 0 Å². The summed E-state index contributed by atoms with van der Waals surface area (Å²) in [6.07, 6.45) is 2.26. The molecule has 0 spiro atoms. The van der Waals surface area contributed by atoms with Gasteiger partial charge in [0.25, 0.3) is 11.5 Å². The van der Waals surface area contributed by atoms with Crippen molar-refractivity contribution in [3.8, 4) is 5.75 Å². The van der Waals surface area contributed by atoms with Crippen molar-refractivity contribution in [3.63, 3.8) is 0 Å². The zero-order chi connectivity index (χ0) is 21.7. The second-order valence-electron chi connectivity index (χ2n) is 7.12. The summed E-state index contributed by atoms with van der Waals surface area (Å²) < 4.78 is 5.97. The lowest BCUT2D eigenvalue weighted by atomic mass is 10.1. The van der Waals surface area contributed by atoms with E-state index in [-0.39, 0.29) is 23.2 Å². The molecule has 1 saturated heterocycles. The Morgan fingerprint density at radius 1 is 1.20 bits per heavy atom. The van der Waals surface area contributed by atoms with E-state index in [0.717, 1.165) is 25.9 Å². The molecule has 0 radical (unpaired) electrons. The zero-order valence-electron chi connectivity index (χ0n) is 16.0. The molecule has 30 heavy (non-hydrogen) atoms. The Morgan fingerprint density at radius 2 is 1.93 bits per heavy atom. The number of H-pyrrole nitrogens is 1. The number of aliphatic hydroxyl groups is 1. The molecule has 2 heterocycles. The number of likely N-dealkylation sites (tertiary alicyclic amines) is 1. The molecule has 3 rings (SSSR count). The number of amides is 1. The molecule has 10 heteroatoms. The largest absolute Gasteiger partial charge is 0.490 e. The van der Waals surface area contributed by atoms with Crippen LogP contribution in [0, 0.1) is 0 Å². The number of benzene rings is 1. The molecule has 0 unspecified atom stereocenters. The third kappa shape index (κ3) is 6.36. The summed E-state index contributed by atoms with van der Waals surface area (Å²) in [5.74, 6) is 0.272. The van der Waals surface area contributed by atoms with Crippen LogP contribution in [0.5, 0.6) is 5.75 Å². The van der Waals surface area contributed by atoms with Crippen LogP contribution in [0.1, 0.15) is 23.2 Å². The van der Waals surface area contributed by atoms with Crippen molar-refractivity contribution in [3.05, 3.63) is 61.4 Å². The van der Waals surface area contributed by atoms with E-state index in [1.54, 1.807) is 18.2 Å². The number of β-amino-alcohol motifs (C(OH)–C–C–N with tert-alkyl or cyclic N) is 1. The van der Waals surface area contributed by atoms with Crippen LogP contribution < -0.4 is 15.6 Å². The highest BCUT2D eigenvalue weighted by Crippen LogP contribution is 2.28. The lowest BCUT2D eigenvalue weighted by Gasteiger charge is -2.33. The third-order valence-electron chi connectivity index (χ3n) is 4.82. The molecule has 1 aromatic carbocycles. The fourth-order valence-corrected chi connectivity index (χ4v) is 3.67. The summed E-state index contributed by atoms with van der Waals surface area (Å²) in [6.45, 7) is 2.07. The SMILES string of the molecule is O=C(NC[C@@H](O)CN1CCC(Oc2ccc(Cl)c(Cl)c2)CC1)c1c[nH]c(=O)c(Cl)c1. The van der Waals surface area contributed by atoms with Gasteiger partial charge in [-0.1, -0.05) is 34.8 Å². The molecule has 3 N–H and O–H groups in total. The highest BCUT2D eigenvalue weighted by molar-refractivity contribution is 6.42. The van der Waals surface area contributed by atoms with Crippen molar-refractivity contribution in [1.29, 1.82) is 0 Å². The van der Waals surface area contributed by atoms with Gasteiger partial charge < -0.3 is 25.0 Å². The average Bonchev–Trinajstić information content (AvgIpc) is 2.72. The maximum Gasteiger partial charge on any atom is 0.266 e. The summed E-state index contributed by atoms with van der Waals surface area (Å²) in [6, 6.07) is 6.50. The third-order valence-corrected chi connectivity index (χ3v) is 5.84. The normalized spacial score (nSPS) is 16.3. The number of piperidine rings is 1. The molecule has 0 saturated carbocycles. The zero-order valence-corrected chi connectivity index (χ0v) is 18.3. The molecule has 1 aliphatic rings. The van der Waals surface area contributed by atoms with Gasteiger partial charge in [0.2, 0.25) is 0 Å². The average molecular weight is 475 g/mol. The van der Waals surface area contributed by atoms with Crippen molar-refractivity contribution < 1.29 is 14.6 Å². The second-order valence-corrected chi connectivity index (χ2v) is 8.34. The first-order valence-corrected chi connectivity index (χ1v) is 10.6. The maximum absolute atomic E-state index is 12.1. The predicted molar refractivity (Wildman–Crippen MR) is 117 cm³/mol. The van der Waals surface area contributed by atoms with Crippen LogP contribution in [0.25, 0.3) is 0 Å². The van der Waals surface area contributed by atoms with Gasteiger partial charge in [-0.15, -0.1) is 0 Å². The van der Waals surface area contributed by atoms with Crippen LogP contribution in [0.3, 0.4) is 0 Å². The van der Waals surface area contributed by atoms with E-state index in [1.807, 2.05) is 0 Å². The topological polar surface area (TPSA) is 94.7 Å². The molecular weight excluding hydrogens is 453 g/mol. The minimum Gasteiger partial charge on any atom is -0.490 e. The van der Waals surface area contributed by atoms with Gasteiger partial charge >= 0.3 is 0 Å². The number of carbonyl (C=O) groups excluding carboxylic acids is 1. The predicted octanol–water partition coefficient (Wildman–Crippen LogP) is 2.97. The highest BCUT2D eigenvalue weighted by atomic mass is 35.5. The van der Waals surface area contributed by atoms with E-state index in [4.69, 9.17) is 39.5 Å². The van der Waals surface area contributed by atoms with Gasteiger partial charge in [0.1, 0.15) is 16.9 Å². The van der Waals surface area contributed by atoms with Gasteiger partial charge in [-0.3, -0.25) is 9.59 Å². The second kappa shape index (κ2) is 10.5. The molecule has 0 aliphatic carbocycles. The molecule has 1 aliphatic heterocycles. The number of hydrogen-bond donors (Lipinski definition) is 3. The molecule has 0 bridgehead atoms. The Kier molecular flexibility index (Phi) is 8.02. The maximum atomic E-state index is 12.1. The number of rotatable bonds is 7. The number of hydrogen-bond acceptors (Lipinski definition) is 5. The fourth-order valence-electron chi connectivity index (χ4n) is 3.21. The van der Waals surface area contributed by atoms with Crippen LogP contribution in [-0.2, 0) is 0 Å². The van der Waals surface area contributed by atoms with E-state index in [0.29, 0.717) is 22.3 Å². The van der Waals surface area contributed by atoms with Gasteiger partial charge in [-0.05, 0) is 31.0 Å². The molecule has 1 fully saturated rings. The summed E-state index contributed by atoms with van der Waals surface area (Å²) in [4.78, 5) is 27.9. The molecule has 7 nitrogen and oxygen atoms in total. The number of nitrogens with one attached hydrogen (secondary N) is 2. The van der Waals surface area contributed by atoms with E-state index < -0.39 is 17.6 Å². The summed E-state index contributed by atoms with van der Waals surface area (Å²) in [7, 11) is 0. The first-order chi connectivity index (χ1) is 14.3. The number of halogens is 3. The van der Waals surface area contributed by atoms with Crippen LogP contribution in [-0.4, -0.2) is 59.3 Å². The Morgan fingerprint density at radius 3 is 2.60 bits per heavy atom. The molecule has 1 aromatic heterocycles.